The molecule has 0 unspecified atom stereocenters. The van der Waals surface area contributed by atoms with E-state index in [4.69, 9.17) is 5.73 Å². The molecule has 3 heteroatoms. The predicted molar refractivity (Wildman–Crippen MR) is 76.0 cm³/mol. The van der Waals surface area contributed by atoms with Gasteiger partial charge in [0.1, 0.15) is 5.82 Å². The summed E-state index contributed by atoms with van der Waals surface area (Å²) < 4.78 is 1.84. The second-order valence-corrected chi connectivity index (χ2v) is 5.36. The molecule has 18 heavy (non-hydrogen) atoms. The van der Waals surface area contributed by atoms with Gasteiger partial charge in [0.15, 0.2) is 0 Å². The van der Waals surface area contributed by atoms with Crippen molar-refractivity contribution in [3.63, 3.8) is 0 Å². The number of aryl methyl sites for hydroxylation is 2. The maximum atomic E-state index is 6.06. The number of nitrogen functional groups attached to an aromatic ring is 1. The number of nitrogens with zero attached hydrogens (tertiary/aromatic N) is 2. The molecule has 0 aliphatic rings. The van der Waals surface area contributed by atoms with Gasteiger partial charge in [-0.15, -0.1) is 0 Å². The van der Waals surface area contributed by atoms with Crippen LogP contribution in [0.2, 0.25) is 0 Å². The van der Waals surface area contributed by atoms with Crippen LogP contribution in [0, 0.1) is 19.8 Å². The Labute approximate surface area is 109 Å². The quantitative estimate of drug-likeness (QED) is 0.899. The smallest absolute Gasteiger partial charge is 0.127 e. The molecule has 0 spiro atoms. The Balaban J connectivity index is 2.41. The van der Waals surface area contributed by atoms with E-state index in [0.717, 1.165) is 17.8 Å². The molecule has 0 bridgehead atoms. The molecule has 0 saturated carbocycles. The number of anilines is 1. The van der Waals surface area contributed by atoms with Gasteiger partial charge in [0.2, 0.25) is 0 Å². The van der Waals surface area contributed by atoms with Crippen LogP contribution < -0.4 is 5.73 Å². The van der Waals surface area contributed by atoms with Crippen LogP contribution in [0.5, 0.6) is 0 Å². The summed E-state index contributed by atoms with van der Waals surface area (Å²) in [7, 11) is 0. The number of rotatable bonds is 3. The van der Waals surface area contributed by atoms with Crippen molar-refractivity contribution < 1.29 is 0 Å². The van der Waals surface area contributed by atoms with Gasteiger partial charge in [-0.05, 0) is 37.8 Å². The fourth-order valence-corrected chi connectivity index (χ4v) is 2.20. The Morgan fingerprint density at radius 1 is 1.22 bits per heavy atom. The van der Waals surface area contributed by atoms with Crippen molar-refractivity contribution in [1.82, 2.24) is 9.78 Å². The molecular weight excluding hydrogens is 222 g/mol. The molecule has 1 heterocycles. The Bertz CT molecular complexity index is 553. The largest absolute Gasteiger partial charge is 0.384 e. The van der Waals surface area contributed by atoms with Gasteiger partial charge < -0.3 is 5.73 Å². The minimum atomic E-state index is 0.590. The molecule has 0 aliphatic heterocycles. The Kier molecular flexibility index (Phi) is 3.41. The first-order valence-corrected chi connectivity index (χ1v) is 6.39. The lowest BCUT2D eigenvalue weighted by molar-refractivity contribution is 0.628. The summed E-state index contributed by atoms with van der Waals surface area (Å²) in [6.45, 7) is 8.55. The Morgan fingerprint density at radius 3 is 2.56 bits per heavy atom. The molecule has 0 fully saturated rings. The van der Waals surface area contributed by atoms with Gasteiger partial charge in [0, 0.05) is 6.07 Å². The van der Waals surface area contributed by atoms with E-state index in [-0.39, 0.29) is 0 Å². The van der Waals surface area contributed by atoms with Gasteiger partial charge in [-0.2, -0.15) is 5.10 Å². The molecule has 0 radical (unpaired) electrons. The fraction of sp³-hybridized carbons (Fsp3) is 0.400. The molecule has 2 N–H and O–H groups in total. The van der Waals surface area contributed by atoms with Crippen LogP contribution in [0.4, 0.5) is 5.82 Å². The van der Waals surface area contributed by atoms with Crippen molar-refractivity contribution in [1.29, 1.82) is 0 Å². The first-order chi connectivity index (χ1) is 8.47. The average Bonchev–Trinajstić information content (AvgIpc) is 2.58. The summed E-state index contributed by atoms with van der Waals surface area (Å²) in [4.78, 5) is 0. The van der Waals surface area contributed by atoms with Crippen LogP contribution in [0.15, 0.2) is 24.3 Å². The van der Waals surface area contributed by atoms with E-state index in [2.05, 4.69) is 51.0 Å². The molecule has 0 amide bonds. The van der Waals surface area contributed by atoms with Crippen molar-refractivity contribution in [3.05, 3.63) is 41.1 Å². The lowest BCUT2D eigenvalue weighted by Gasteiger charge is -2.08. The highest BCUT2D eigenvalue weighted by atomic mass is 15.3. The van der Waals surface area contributed by atoms with Gasteiger partial charge >= 0.3 is 0 Å². The van der Waals surface area contributed by atoms with E-state index in [1.807, 2.05) is 10.7 Å². The summed E-state index contributed by atoms with van der Waals surface area (Å²) in [6, 6.07) is 8.29. The number of nitrogens with two attached hydrogens (primary N) is 1. The fourth-order valence-electron chi connectivity index (χ4n) is 2.20. The Hall–Kier alpha value is -1.77. The van der Waals surface area contributed by atoms with E-state index in [1.54, 1.807) is 0 Å². The molecule has 96 valence electrons. The second kappa shape index (κ2) is 4.84. The highest BCUT2D eigenvalue weighted by Crippen LogP contribution is 2.20. The van der Waals surface area contributed by atoms with Gasteiger partial charge in [-0.1, -0.05) is 31.5 Å². The average molecular weight is 243 g/mol. The minimum Gasteiger partial charge on any atom is -0.384 e. The highest BCUT2D eigenvalue weighted by molar-refractivity contribution is 5.48. The number of hydrogen-bond donors (Lipinski definition) is 1. The predicted octanol–water partition coefficient (Wildman–Crippen LogP) is 3.27. The Morgan fingerprint density at radius 2 is 1.94 bits per heavy atom. The first kappa shape index (κ1) is 12.7. The minimum absolute atomic E-state index is 0.590. The van der Waals surface area contributed by atoms with Crippen molar-refractivity contribution >= 4 is 5.82 Å². The second-order valence-electron chi connectivity index (χ2n) is 5.36. The summed E-state index contributed by atoms with van der Waals surface area (Å²) >= 11 is 0. The third-order valence-electron chi connectivity index (χ3n) is 2.99. The topological polar surface area (TPSA) is 43.8 Å². The molecule has 1 aromatic heterocycles. The third-order valence-corrected chi connectivity index (χ3v) is 2.99. The van der Waals surface area contributed by atoms with Gasteiger partial charge in [0.05, 0.1) is 11.4 Å². The van der Waals surface area contributed by atoms with Crippen LogP contribution in [-0.4, -0.2) is 9.78 Å². The van der Waals surface area contributed by atoms with Crippen molar-refractivity contribution in [2.45, 2.75) is 34.1 Å². The van der Waals surface area contributed by atoms with E-state index in [9.17, 15) is 0 Å². The van der Waals surface area contributed by atoms with Crippen LogP contribution >= 0.6 is 0 Å². The SMILES string of the molecule is Cc1ccc(-n2nc(CC(C)C)cc2N)c(C)c1. The molecule has 3 nitrogen and oxygen atoms in total. The van der Waals surface area contributed by atoms with Crippen LogP contribution in [0.25, 0.3) is 5.69 Å². The monoisotopic (exact) mass is 243 g/mol. The maximum absolute atomic E-state index is 6.06. The van der Waals surface area contributed by atoms with Gasteiger partial charge in [0.25, 0.3) is 0 Å². The molecule has 2 rings (SSSR count). The maximum Gasteiger partial charge on any atom is 0.127 e. The lowest BCUT2D eigenvalue weighted by Crippen LogP contribution is -2.04. The molecule has 1 aromatic carbocycles. The molecule has 0 aliphatic carbocycles. The summed E-state index contributed by atoms with van der Waals surface area (Å²) in [6.07, 6.45) is 0.960. The molecular formula is C15H21N3. The van der Waals surface area contributed by atoms with E-state index >= 15 is 0 Å². The number of aromatic nitrogens is 2. The third kappa shape index (κ3) is 2.55. The lowest BCUT2D eigenvalue weighted by atomic mass is 10.1. The van der Waals surface area contributed by atoms with E-state index < -0.39 is 0 Å². The molecule has 2 aromatic rings. The molecule has 0 atom stereocenters. The van der Waals surface area contributed by atoms with Crippen molar-refractivity contribution in [3.8, 4) is 5.69 Å². The van der Waals surface area contributed by atoms with Crippen LogP contribution in [0.3, 0.4) is 0 Å². The van der Waals surface area contributed by atoms with Crippen molar-refractivity contribution in [2.75, 3.05) is 5.73 Å². The highest BCUT2D eigenvalue weighted by Gasteiger charge is 2.10. The van der Waals surface area contributed by atoms with Crippen molar-refractivity contribution in [2.24, 2.45) is 5.92 Å². The normalized spacial score (nSPS) is 11.2. The van der Waals surface area contributed by atoms with E-state index in [0.29, 0.717) is 11.7 Å². The van der Waals surface area contributed by atoms with Gasteiger partial charge in [-0.3, -0.25) is 0 Å². The van der Waals surface area contributed by atoms with Crippen LogP contribution in [-0.2, 0) is 6.42 Å². The van der Waals surface area contributed by atoms with E-state index in [1.165, 1.54) is 11.1 Å². The number of benzene rings is 1. The zero-order valence-electron chi connectivity index (χ0n) is 11.6. The molecule has 0 saturated heterocycles. The van der Waals surface area contributed by atoms with Gasteiger partial charge in [-0.25, -0.2) is 4.68 Å². The summed E-state index contributed by atoms with van der Waals surface area (Å²) in [5, 5.41) is 4.60. The zero-order valence-corrected chi connectivity index (χ0v) is 11.6. The standard InChI is InChI=1S/C15H21N3/c1-10(2)7-13-9-15(16)18(17-13)14-6-5-11(3)8-12(14)4/h5-6,8-10H,7,16H2,1-4H3. The summed E-state index contributed by atoms with van der Waals surface area (Å²) in [5.74, 6) is 1.30. The summed E-state index contributed by atoms with van der Waals surface area (Å²) in [5.41, 5.74) is 10.6. The number of hydrogen-bond acceptors (Lipinski definition) is 2. The van der Waals surface area contributed by atoms with Crippen LogP contribution in [0.1, 0.15) is 30.7 Å². The zero-order chi connectivity index (χ0) is 13.3. The first-order valence-electron chi connectivity index (χ1n) is 6.39.